The zero-order chi connectivity index (χ0) is 13.0. The van der Waals surface area contributed by atoms with Crippen LogP contribution in [0.4, 0.5) is 11.6 Å². The van der Waals surface area contributed by atoms with Crippen molar-refractivity contribution in [2.45, 2.75) is 27.3 Å². The smallest absolute Gasteiger partial charge is 0.223 e. The molecule has 7 heteroatoms. The molecule has 0 aliphatic rings. The van der Waals surface area contributed by atoms with Crippen molar-refractivity contribution in [2.75, 3.05) is 17.2 Å². The lowest BCUT2D eigenvalue weighted by Gasteiger charge is -2.07. The Bertz CT molecular complexity index is 524. The second kappa shape index (κ2) is 5.44. The Morgan fingerprint density at radius 3 is 2.44 bits per heavy atom. The van der Waals surface area contributed by atoms with E-state index in [0.717, 1.165) is 18.2 Å². The third-order valence-electron chi connectivity index (χ3n) is 2.19. The van der Waals surface area contributed by atoms with Crippen molar-refractivity contribution in [3.63, 3.8) is 0 Å². The van der Waals surface area contributed by atoms with Crippen LogP contribution in [0.5, 0.6) is 0 Å². The minimum absolute atomic E-state index is 0.472. The maximum absolute atomic E-state index is 4.89. The lowest BCUT2D eigenvalue weighted by Crippen LogP contribution is -2.07. The number of rotatable bonds is 5. The van der Waals surface area contributed by atoms with Gasteiger partial charge in [-0.1, -0.05) is 5.16 Å². The van der Waals surface area contributed by atoms with Gasteiger partial charge in [0, 0.05) is 19.5 Å². The SMILES string of the molecule is CCNc1cc(NCc2noc(C)n2)nc(C)n1. The number of aryl methyl sites for hydroxylation is 2. The van der Waals surface area contributed by atoms with Crippen LogP contribution in [-0.2, 0) is 6.54 Å². The molecular formula is C11H16N6O. The molecule has 0 atom stereocenters. The Hall–Kier alpha value is -2.18. The summed E-state index contributed by atoms with van der Waals surface area (Å²) in [5.41, 5.74) is 0. The number of aromatic nitrogens is 4. The van der Waals surface area contributed by atoms with Gasteiger partial charge in [-0.05, 0) is 13.8 Å². The molecule has 0 saturated carbocycles. The predicted octanol–water partition coefficient (Wildman–Crippen LogP) is 1.52. The molecule has 2 heterocycles. The average Bonchev–Trinajstić information content (AvgIpc) is 2.72. The van der Waals surface area contributed by atoms with E-state index in [1.807, 2.05) is 19.9 Å². The van der Waals surface area contributed by atoms with Crippen molar-refractivity contribution >= 4 is 11.6 Å². The Morgan fingerprint density at radius 1 is 1.11 bits per heavy atom. The second-order valence-electron chi connectivity index (χ2n) is 3.80. The second-order valence-corrected chi connectivity index (χ2v) is 3.80. The standard InChI is InChI=1S/C11H16N6O/c1-4-12-9-5-10(15-7(2)14-9)13-6-11-16-8(3)18-17-11/h5H,4,6H2,1-3H3,(H2,12,13,14,15). The molecule has 2 aromatic heterocycles. The summed E-state index contributed by atoms with van der Waals surface area (Å²) in [6, 6.07) is 1.85. The summed E-state index contributed by atoms with van der Waals surface area (Å²) in [5, 5.41) is 10.1. The van der Waals surface area contributed by atoms with Gasteiger partial charge in [0.2, 0.25) is 5.89 Å². The first-order chi connectivity index (χ1) is 8.67. The molecule has 0 aliphatic heterocycles. The van der Waals surface area contributed by atoms with Crippen LogP contribution in [0, 0.1) is 13.8 Å². The number of nitrogens with one attached hydrogen (secondary N) is 2. The fourth-order valence-corrected chi connectivity index (χ4v) is 1.51. The highest BCUT2D eigenvalue weighted by Crippen LogP contribution is 2.11. The van der Waals surface area contributed by atoms with Crippen molar-refractivity contribution in [3.05, 3.63) is 23.6 Å². The molecule has 0 aromatic carbocycles. The molecule has 2 N–H and O–H groups in total. The van der Waals surface area contributed by atoms with Gasteiger partial charge < -0.3 is 15.2 Å². The van der Waals surface area contributed by atoms with Crippen molar-refractivity contribution in [2.24, 2.45) is 0 Å². The van der Waals surface area contributed by atoms with Gasteiger partial charge in [-0.3, -0.25) is 0 Å². The van der Waals surface area contributed by atoms with E-state index in [-0.39, 0.29) is 0 Å². The zero-order valence-electron chi connectivity index (χ0n) is 10.7. The monoisotopic (exact) mass is 248 g/mol. The number of hydrogen-bond donors (Lipinski definition) is 2. The summed E-state index contributed by atoms with van der Waals surface area (Å²) in [5.74, 6) is 3.41. The molecule has 0 spiro atoms. The van der Waals surface area contributed by atoms with Crippen LogP contribution in [0.1, 0.15) is 24.5 Å². The van der Waals surface area contributed by atoms with Crippen LogP contribution in [0.3, 0.4) is 0 Å². The predicted molar refractivity (Wildman–Crippen MR) is 67.3 cm³/mol. The minimum atomic E-state index is 0.472. The maximum atomic E-state index is 4.89. The number of nitrogens with zero attached hydrogens (tertiary/aromatic N) is 4. The summed E-state index contributed by atoms with van der Waals surface area (Å²) in [6.45, 7) is 6.92. The van der Waals surface area contributed by atoms with E-state index >= 15 is 0 Å². The maximum Gasteiger partial charge on any atom is 0.223 e. The quantitative estimate of drug-likeness (QED) is 0.829. The van der Waals surface area contributed by atoms with E-state index in [9.17, 15) is 0 Å². The van der Waals surface area contributed by atoms with E-state index in [1.54, 1.807) is 6.92 Å². The number of anilines is 2. The van der Waals surface area contributed by atoms with Crippen LogP contribution in [-0.4, -0.2) is 26.7 Å². The topological polar surface area (TPSA) is 88.8 Å². The van der Waals surface area contributed by atoms with Gasteiger partial charge >= 0.3 is 0 Å². The summed E-state index contributed by atoms with van der Waals surface area (Å²) in [7, 11) is 0. The molecule has 18 heavy (non-hydrogen) atoms. The summed E-state index contributed by atoms with van der Waals surface area (Å²) >= 11 is 0. The highest BCUT2D eigenvalue weighted by Gasteiger charge is 2.04. The molecule has 0 saturated heterocycles. The molecule has 7 nitrogen and oxygen atoms in total. The van der Waals surface area contributed by atoms with Crippen molar-refractivity contribution < 1.29 is 4.52 Å². The van der Waals surface area contributed by atoms with Crippen molar-refractivity contribution in [3.8, 4) is 0 Å². The van der Waals surface area contributed by atoms with E-state index in [1.165, 1.54) is 0 Å². The molecule has 0 radical (unpaired) electrons. The molecular weight excluding hydrogens is 232 g/mol. The van der Waals surface area contributed by atoms with Gasteiger partial charge in [-0.15, -0.1) is 0 Å². The first-order valence-corrected chi connectivity index (χ1v) is 5.80. The zero-order valence-corrected chi connectivity index (χ0v) is 10.7. The van der Waals surface area contributed by atoms with Gasteiger partial charge in [-0.25, -0.2) is 9.97 Å². The Morgan fingerprint density at radius 2 is 1.83 bits per heavy atom. The third-order valence-corrected chi connectivity index (χ3v) is 2.19. The first kappa shape index (κ1) is 12.3. The van der Waals surface area contributed by atoms with Gasteiger partial charge in [0.25, 0.3) is 0 Å². The van der Waals surface area contributed by atoms with Crippen LogP contribution in [0.15, 0.2) is 10.6 Å². The molecule has 0 unspecified atom stereocenters. The number of hydrogen-bond acceptors (Lipinski definition) is 7. The largest absolute Gasteiger partial charge is 0.370 e. The minimum Gasteiger partial charge on any atom is -0.370 e. The molecule has 0 aliphatic carbocycles. The molecule has 2 aromatic rings. The molecule has 0 amide bonds. The highest BCUT2D eigenvalue weighted by atomic mass is 16.5. The normalized spacial score (nSPS) is 10.4. The highest BCUT2D eigenvalue weighted by molar-refractivity contribution is 5.47. The first-order valence-electron chi connectivity index (χ1n) is 5.80. The van der Waals surface area contributed by atoms with E-state index in [2.05, 4.69) is 30.7 Å². The fourth-order valence-electron chi connectivity index (χ4n) is 1.51. The van der Waals surface area contributed by atoms with Crippen LogP contribution < -0.4 is 10.6 Å². The Kier molecular flexibility index (Phi) is 3.71. The van der Waals surface area contributed by atoms with Gasteiger partial charge in [0.05, 0.1) is 6.54 Å². The van der Waals surface area contributed by atoms with E-state index < -0.39 is 0 Å². The molecule has 0 fully saturated rings. The average molecular weight is 248 g/mol. The Balaban J connectivity index is 2.04. The van der Waals surface area contributed by atoms with E-state index in [0.29, 0.717) is 24.1 Å². The van der Waals surface area contributed by atoms with Crippen molar-refractivity contribution in [1.82, 2.24) is 20.1 Å². The van der Waals surface area contributed by atoms with Crippen molar-refractivity contribution in [1.29, 1.82) is 0 Å². The summed E-state index contributed by atoms with van der Waals surface area (Å²) in [4.78, 5) is 12.7. The molecule has 0 bridgehead atoms. The fraction of sp³-hybridized carbons (Fsp3) is 0.455. The van der Waals surface area contributed by atoms with Gasteiger partial charge in [0.1, 0.15) is 17.5 Å². The third kappa shape index (κ3) is 3.16. The van der Waals surface area contributed by atoms with Gasteiger partial charge in [0.15, 0.2) is 5.82 Å². The lowest BCUT2D eigenvalue weighted by atomic mass is 10.4. The van der Waals surface area contributed by atoms with Crippen LogP contribution >= 0.6 is 0 Å². The van der Waals surface area contributed by atoms with E-state index in [4.69, 9.17) is 4.52 Å². The lowest BCUT2D eigenvalue weighted by molar-refractivity contribution is 0.388. The van der Waals surface area contributed by atoms with Gasteiger partial charge in [-0.2, -0.15) is 4.98 Å². The Labute approximate surface area is 105 Å². The van der Waals surface area contributed by atoms with Crippen LogP contribution in [0.25, 0.3) is 0 Å². The van der Waals surface area contributed by atoms with Crippen LogP contribution in [0.2, 0.25) is 0 Å². The molecule has 96 valence electrons. The summed E-state index contributed by atoms with van der Waals surface area (Å²) in [6.07, 6.45) is 0. The molecule has 2 rings (SSSR count). The summed E-state index contributed by atoms with van der Waals surface area (Å²) < 4.78 is 4.89.